The van der Waals surface area contributed by atoms with Gasteiger partial charge in [0, 0.05) is 24.1 Å². The van der Waals surface area contributed by atoms with Gasteiger partial charge < -0.3 is 10.2 Å². The van der Waals surface area contributed by atoms with E-state index >= 15 is 0 Å². The zero-order chi connectivity index (χ0) is 18.8. The van der Waals surface area contributed by atoms with E-state index in [4.69, 9.17) is 4.98 Å². The maximum atomic E-state index is 12.6. The summed E-state index contributed by atoms with van der Waals surface area (Å²) in [5.74, 6) is -0.0362. The van der Waals surface area contributed by atoms with Crippen molar-refractivity contribution in [2.24, 2.45) is 0 Å². The number of ketones is 1. The lowest BCUT2D eigenvalue weighted by atomic mass is 10.1. The molecule has 2 atom stereocenters. The van der Waals surface area contributed by atoms with E-state index in [1.165, 1.54) is 16.5 Å². The molecule has 0 spiro atoms. The van der Waals surface area contributed by atoms with Gasteiger partial charge in [-0.05, 0) is 31.2 Å². The molecule has 0 bridgehead atoms. The Morgan fingerprint density at radius 1 is 1.22 bits per heavy atom. The van der Waals surface area contributed by atoms with Crippen LogP contribution in [-0.2, 0) is 4.79 Å². The minimum Gasteiger partial charge on any atom is -0.321 e. The van der Waals surface area contributed by atoms with Crippen LogP contribution in [0, 0.1) is 0 Å². The third-order valence-electron chi connectivity index (χ3n) is 5.03. The van der Waals surface area contributed by atoms with Gasteiger partial charge in [-0.2, -0.15) is 0 Å². The fraction of sp³-hybridized carbons (Fsp3) is 0.286. The Balaban J connectivity index is 1.45. The average molecular weight is 380 g/mol. The number of benzene rings is 2. The lowest BCUT2D eigenvalue weighted by Gasteiger charge is -2.19. The van der Waals surface area contributed by atoms with E-state index in [2.05, 4.69) is 11.4 Å². The lowest BCUT2D eigenvalue weighted by Crippen LogP contribution is -3.11. The average Bonchev–Trinajstić information content (AvgIpc) is 3.27. The summed E-state index contributed by atoms with van der Waals surface area (Å²) in [4.78, 5) is 30.1. The van der Waals surface area contributed by atoms with Gasteiger partial charge in [0.05, 0.1) is 16.8 Å². The molecule has 1 amide bonds. The second-order valence-electron chi connectivity index (χ2n) is 6.98. The molecule has 27 heavy (non-hydrogen) atoms. The number of anilines is 1. The Labute approximate surface area is 162 Å². The number of nitrogens with zero attached hydrogens (tertiary/aromatic N) is 1. The van der Waals surface area contributed by atoms with Gasteiger partial charge >= 0.3 is 0 Å². The number of thiazole rings is 1. The number of Topliss-reactive ketones (excluding diaryl/α,β-unsaturated/α-hetero) is 1. The molecule has 1 saturated heterocycles. The molecule has 0 aliphatic carbocycles. The molecular formula is C21H22N3O2S+. The van der Waals surface area contributed by atoms with E-state index in [-0.39, 0.29) is 17.7 Å². The minimum atomic E-state index is -0.0290. The number of quaternary nitrogens is 1. The van der Waals surface area contributed by atoms with Crippen LogP contribution >= 0.6 is 11.3 Å². The summed E-state index contributed by atoms with van der Waals surface area (Å²) >= 11 is 1.73. The van der Waals surface area contributed by atoms with E-state index in [0.717, 1.165) is 29.9 Å². The van der Waals surface area contributed by atoms with Crippen molar-refractivity contribution >= 4 is 38.9 Å². The van der Waals surface area contributed by atoms with Gasteiger partial charge in [0.15, 0.2) is 17.3 Å². The molecule has 1 aromatic heterocycles. The number of aromatic nitrogens is 1. The van der Waals surface area contributed by atoms with E-state index in [1.54, 1.807) is 29.5 Å². The number of fused-ring (bicyclic) bond motifs is 1. The molecule has 1 fully saturated rings. The van der Waals surface area contributed by atoms with Crippen molar-refractivity contribution < 1.29 is 14.5 Å². The van der Waals surface area contributed by atoms with Gasteiger partial charge in [0.25, 0.3) is 5.91 Å². The highest BCUT2D eigenvalue weighted by molar-refractivity contribution is 7.18. The van der Waals surface area contributed by atoms with Gasteiger partial charge in [-0.25, -0.2) is 4.98 Å². The summed E-state index contributed by atoms with van der Waals surface area (Å²) in [6.07, 6.45) is 2.16. The van der Waals surface area contributed by atoms with Crippen LogP contribution in [-0.4, -0.2) is 29.8 Å². The van der Waals surface area contributed by atoms with Crippen molar-refractivity contribution in [3.8, 4) is 0 Å². The molecule has 4 rings (SSSR count). The summed E-state index contributed by atoms with van der Waals surface area (Å²) in [5, 5.41) is 4.05. The molecule has 6 heteroatoms. The Morgan fingerprint density at radius 2 is 2.07 bits per heavy atom. The van der Waals surface area contributed by atoms with Crippen LogP contribution in [0.2, 0.25) is 0 Å². The molecule has 138 valence electrons. The lowest BCUT2D eigenvalue weighted by molar-refractivity contribution is -0.910. The Morgan fingerprint density at radius 3 is 2.89 bits per heavy atom. The second kappa shape index (κ2) is 7.58. The largest absolute Gasteiger partial charge is 0.321 e. The number of hydrogen-bond donors (Lipinski definition) is 2. The summed E-state index contributed by atoms with van der Waals surface area (Å²) in [6.45, 7) is 2.91. The molecule has 1 aliphatic rings. The Hall–Kier alpha value is -2.57. The molecule has 5 nitrogen and oxygen atoms in total. The Bertz CT molecular complexity index is 965. The van der Waals surface area contributed by atoms with Crippen molar-refractivity contribution in [3.63, 3.8) is 0 Å². The zero-order valence-corrected chi connectivity index (χ0v) is 16.0. The molecule has 0 radical (unpaired) electrons. The predicted molar refractivity (Wildman–Crippen MR) is 107 cm³/mol. The minimum absolute atomic E-state index is 0.00725. The van der Waals surface area contributed by atoms with Crippen molar-refractivity contribution in [1.29, 1.82) is 0 Å². The first-order valence-corrected chi connectivity index (χ1v) is 10.0. The van der Waals surface area contributed by atoms with Crippen LogP contribution in [0.15, 0.2) is 48.5 Å². The Kier molecular flexibility index (Phi) is 5.01. The standard InChI is InChI=1S/C21H21N3O2S/c1-14(25)15-6-4-7-16(12-15)22-20(26)13-24-11-5-9-18(24)21-23-17-8-2-3-10-19(17)27-21/h2-4,6-8,10,12,18H,5,9,11,13H2,1H3,(H,22,26)/p+1/t18-/m0/s1. The number of nitrogens with one attached hydrogen (secondary N) is 2. The fourth-order valence-electron chi connectivity index (χ4n) is 3.69. The molecular weight excluding hydrogens is 358 g/mol. The smallest absolute Gasteiger partial charge is 0.279 e. The first-order chi connectivity index (χ1) is 13.1. The van der Waals surface area contributed by atoms with Crippen LogP contribution in [0.4, 0.5) is 5.69 Å². The highest BCUT2D eigenvalue weighted by atomic mass is 32.1. The van der Waals surface area contributed by atoms with Gasteiger partial charge in [-0.1, -0.05) is 24.3 Å². The first-order valence-electron chi connectivity index (χ1n) is 9.21. The zero-order valence-electron chi connectivity index (χ0n) is 15.2. The summed E-state index contributed by atoms with van der Waals surface area (Å²) in [6, 6.07) is 15.5. The van der Waals surface area contributed by atoms with Gasteiger partial charge in [-0.3, -0.25) is 9.59 Å². The number of rotatable bonds is 5. The molecule has 1 aliphatic heterocycles. The van der Waals surface area contributed by atoms with E-state index in [1.807, 2.05) is 24.3 Å². The molecule has 1 unspecified atom stereocenters. The summed E-state index contributed by atoms with van der Waals surface area (Å²) < 4.78 is 1.20. The molecule has 3 aromatic rings. The topological polar surface area (TPSA) is 63.5 Å². The number of carbonyl (C=O) groups excluding carboxylic acids is 2. The first kappa shape index (κ1) is 17.8. The molecule has 2 aromatic carbocycles. The van der Waals surface area contributed by atoms with Crippen LogP contribution in [0.3, 0.4) is 0 Å². The van der Waals surface area contributed by atoms with Crippen LogP contribution in [0.1, 0.15) is 41.2 Å². The second-order valence-corrected chi connectivity index (χ2v) is 8.05. The monoisotopic (exact) mass is 380 g/mol. The van der Waals surface area contributed by atoms with E-state index in [9.17, 15) is 9.59 Å². The fourth-order valence-corrected chi connectivity index (χ4v) is 4.85. The summed E-state index contributed by atoms with van der Waals surface area (Å²) in [5.41, 5.74) is 2.31. The van der Waals surface area contributed by atoms with Crippen molar-refractivity contribution in [1.82, 2.24) is 4.98 Å². The van der Waals surface area contributed by atoms with Crippen molar-refractivity contribution in [2.45, 2.75) is 25.8 Å². The number of likely N-dealkylation sites (tertiary alicyclic amines) is 1. The molecule has 2 heterocycles. The quantitative estimate of drug-likeness (QED) is 0.669. The predicted octanol–water partition coefficient (Wildman–Crippen LogP) is 2.86. The third-order valence-corrected chi connectivity index (χ3v) is 6.18. The normalized spacial score (nSPS) is 19.3. The number of carbonyl (C=O) groups is 2. The number of hydrogen-bond acceptors (Lipinski definition) is 4. The number of amides is 1. The van der Waals surface area contributed by atoms with Crippen molar-refractivity contribution in [2.75, 3.05) is 18.4 Å². The van der Waals surface area contributed by atoms with Gasteiger partial charge in [0.1, 0.15) is 6.04 Å². The molecule has 2 N–H and O–H groups in total. The van der Waals surface area contributed by atoms with E-state index in [0.29, 0.717) is 17.8 Å². The third kappa shape index (κ3) is 3.91. The van der Waals surface area contributed by atoms with Crippen LogP contribution in [0.25, 0.3) is 10.2 Å². The maximum absolute atomic E-state index is 12.6. The molecule has 0 saturated carbocycles. The summed E-state index contributed by atoms with van der Waals surface area (Å²) in [7, 11) is 0. The van der Waals surface area contributed by atoms with Gasteiger partial charge in [0.2, 0.25) is 0 Å². The van der Waals surface area contributed by atoms with Crippen LogP contribution < -0.4 is 10.2 Å². The maximum Gasteiger partial charge on any atom is 0.279 e. The highest BCUT2D eigenvalue weighted by Crippen LogP contribution is 2.28. The van der Waals surface area contributed by atoms with E-state index < -0.39 is 0 Å². The van der Waals surface area contributed by atoms with Crippen LogP contribution in [0.5, 0.6) is 0 Å². The SMILES string of the molecule is CC(=O)c1cccc(NC(=O)C[NH+]2CCC[C@H]2c2nc3ccccc3s2)c1. The highest BCUT2D eigenvalue weighted by Gasteiger charge is 2.34. The van der Waals surface area contributed by atoms with Gasteiger partial charge in [-0.15, -0.1) is 11.3 Å². The number of para-hydroxylation sites is 1. The van der Waals surface area contributed by atoms with Crippen molar-refractivity contribution in [3.05, 3.63) is 59.1 Å².